The van der Waals surface area contributed by atoms with Crippen molar-refractivity contribution in [2.24, 2.45) is 0 Å². The van der Waals surface area contributed by atoms with Gasteiger partial charge in [-0.2, -0.15) is 0 Å². The molecule has 0 aliphatic rings. The molecule has 60 valence electrons. The quantitative estimate of drug-likeness (QED) is 0.603. The number of fused-ring (bicyclic) bond motifs is 1. The van der Waals surface area contributed by atoms with E-state index in [1.807, 2.05) is 0 Å². The highest BCUT2D eigenvalue weighted by atomic mass is 16.1. The molecule has 0 bridgehead atoms. The molecule has 2 heterocycles. The number of rotatable bonds is 0. The van der Waals surface area contributed by atoms with Gasteiger partial charge in [-0.1, -0.05) is 0 Å². The summed E-state index contributed by atoms with van der Waals surface area (Å²) in [5.74, 6) is 0. The van der Waals surface area contributed by atoms with Gasteiger partial charge in [0.25, 0.3) is 5.56 Å². The molecule has 4 nitrogen and oxygen atoms in total. The van der Waals surface area contributed by atoms with Crippen LogP contribution in [0.1, 0.15) is 0 Å². The fourth-order valence-electron chi connectivity index (χ4n) is 1.05. The average molecular weight is 161 g/mol. The van der Waals surface area contributed by atoms with Gasteiger partial charge in [0.05, 0.1) is 0 Å². The molecule has 0 unspecified atom stereocenters. The lowest BCUT2D eigenvalue weighted by Gasteiger charge is -1.98. The van der Waals surface area contributed by atoms with Crippen molar-refractivity contribution in [3.05, 3.63) is 40.9 Å². The lowest BCUT2D eigenvalue weighted by molar-refractivity contribution is 1.05. The Morgan fingerprint density at radius 2 is 2.25 bits per heavy atom. The molecule has 2 rings (SSSR count). The van der Waals surface area contributed by atoms with Gasteiger partial charge in [0.2, 0.25) is 0 Å². The number of hydrogen-bond acceptors (Lipinski definition) is 3. The van der Waals surface area contributed by atoms with E-state index in [4.69, 9.17) is 5.73 Å². The normalized spacial score (nSPS) is 10.3. The Balaban J connectivity index is 2.96. The molecule has 0 aromatic carbocycles. The van der Waals surface area contributed by atoms with Crippen molar-refractivity contribution in [3.63, 3.8) is 0 Å². The van der Waals surface area contributed by atoms with Crippen molar-refractivity contribution in [1.82, 2.24) is 9.38 Å². The zero-order chi connectivity index (χ0) is 8.55. The number of pyridine rings is 1. The van der Waals surface area contributed by atoms with Gasteiger partial charge >= 0.3 is 0 Å². The standard InChI is InChI=1S/C8H7N3O/c9-6-2-4-11-7(5-6)10-3-1-8(11)12/h1-5H,9H2. The first kappa shape index (κ1) is 6.84. The van der Waals surface area contributed by atoms with Crippen LogP contribution in [0.15, 0.2) is 35.4 Å². The maximum atomic E-state index is 11.2. The second kappa shape index (κ2) is 2.34. The van der Waals surface area contributed by atoms with Gasteiger partial charge in [0.1, 0.15) is 5.65 Å². The highest BCUT2D eigenvalue weighted by Crippen LogP contribution is 2.02. The topological polar surface area (TPSA) is 60.4 Å². The first-order valence-electron chi connectivity index (χ1n) is 3.50. The summed E-state index contributed by atoms with van der Waals surface area (Å²) >= 11 is 0. The van der Waals surface area contributed by atoms with Gasteiger partial charge in [-0.05, 0) is 6.07 Å². The van der Waals surface area contributed by atoms with Crippen LogP contribution in [0.2, 0.25) is 0 Å². The van der Waals surface area contributed by atoms with E-state index in [0.29, 0.717) is 11.3 Å². The van der Waals surface area contributed by atoms with Gasteiger partial charge in [0.15, 0.2) is 0 Å². The molecule has 0 atom stereocenters. The Morgan fingerprint density at radius 3 is 3.08 bits per heavy atom. The van der Waals surface area contributed by atoms with Gasteiger partial charge in [-0.25, -0.2) is 4.98 Å². The molecule has 12 heavy (non-hydrogen) atoms. The minimum Gasteiger partial charge on any atom is -0.399 e. The molecule has 2 N–H and O–H groups in total. The summed E-state index contributed by atoms with van der Waals surface area (Å²) in [5.41, 5.74) is 6.60. The van der Waals surface area contributed by atoms with Crippen molar-refractivity contribution in [1.29, 1.82) is 0 Å². The summed E-state index contributed by atoms with van der Waals surface area (Å²) in [6, 6.07) is 4.72. The van der Waals surface area contributed by atoms with Crippen LogP contribution in [0, 0.1) is 0 Å². The molecular formula is C8H7N3O. The van der Waals surface area contributed by atoms with Gasteiger partial charge in [-0.3, -0.25) is 9.20 Å². The third kappa shape index (κ3) is 0.934. The number of aromatic nitrogens is 2. The van der Waals surface area contributed by atoms with Crippen LogP contribution in [-0.2, 0) is 0 Å². The maximum absolute atomic E-state index is 11.2. The zero-order valence-corrected chi connectivity index (χ0v) is 6.27. The molecule has 0 aliphatic carbocycles. The fraction of sp³-hybridized carbons (Fsp3) is 0. The summed E-state index contributed by atoms with van der Waals surface area (Å²) in [5, 5.41) is 0. The summed E-state index contributed by atoms with van der Waals surface area (Å²) < 4.78 is 1.44. The van der Waals surface area contributed by atoms with E-state index in [0.717, 1.165) is 0 Å². The van der Waals surface area contributed by atoms with Gasteiger partial charge in [-0.15, -0.1) is 0 Å². The van der Waals surface area contributed by atoms with Crippen molar-refractivity contribution < 1.29 is 0 Å². The van der Waals surface area contributed by atoms with Crippen LogP contribution >= 0.6 is 0 Å². The number of nitrogens with two attached hydrogens (primary N) is 1. The number of anilines is 1. The SMILES string of the molecule is Nc1ccn2c(=O)ccnc2c1. The Kier molecular flexibility index (Phi) is 1.33. The average Bonchev–Trinajstić information content (AvgIpc) is 2.04. The number of hydrogen-bond donors (Lipinski definition) is 1. The number of nitrogen functional groups attached to an aromatic ring is 1. The first-order valence-corrected chi connectivity index (χ1v) is 3.50. The Hall–Kier alpha value is -1.84. The van der Waals surface area contributed by atoms with Crippen LogP contribution < -0.4 is 11.3 Å². The van der Waals surface area contributed by atoms with Crippen LogP contribution in [0.5, 0.6) is 0 Å². The van der Waals surface area contributed by atoms with Crippen molar-refractivity contribution in [2.45, 2.75) is 0 Å². The smallest absolute Gasteiger partial charge is 0.257 e. The second-order valence-corrected chi connectivity index (χ2v) is 2.47. The summed E-state index contributed by atoms with van der Waals surface area (Å²) in [4.78, 5) is 15.2. The maximum Gasteiger partial charge on any atom is 0.257 e. The fourth-order valence-corrected chi connectivity index (χ4v) is 1.05. The van der Waals surface area contributed by atoms with Crippen molar-refractivity contribution in [2.75, 3.05) is 5.73 Å². The van der Waals surface area contributed by atoms with E-state index in [1.165, 1.54) is 16.7 Å². The third-order valence-electron chi connectivity index (χ3n) is 1.62. The predicted octanol–water partition coefficient (Wildman–Crippen LogP) is 0.277. The van der Waals surface area contributed by atoms with E-state index < -0.39 is 0 Å². The van der Waals surface area contributed by atoms with Gasteiger partial charge in [0, 0.05) is 30.2 Å². The molecule has 0 radical (unpaired) electrons. The first-order chi connectivity index (χ1) is 5.77. The van der Waals surface area contributed by atoms with E-state index >= 15 is 0 Å². The monoisotopic (exact) mass is 161 g/mol. The van der Waals surface area contributed by atoms with E-state index in [-0.39, 0.29) is 5.56 Å². The molecule has 0 aliphatic heterocycles. The van der Waals surface area contributed by atoms with Crippen molar-refractivity contribution >= 4 is 11.3 Å². The summed E-state index contributed by atoms with van der Waals surface area (Å²) in [7, 11) is 0. The van der Waals surface area contributed by atoms with Crippen molar-refractivity contribution in [3.8, 4) is 0 Å². The van der Waals surface area contributed by atoms with Crippen LogP contribution in [0.25, 0.3) is 5.65 Å². The second-order valence-electron chi connectivity index (χ2n) is 2.47. The predicted molar refractivity (Wildman–Crippen MR) is 45.9 cm³/mol. The van der Waals surface area contributed by atoms with E-state index in [9.17, 15) is 4.79 Å². The molecule has 4 heteroatoms. The van der Waals surface area contributed by atoms with Crippen LogP contribution in [-0.4, -0.2) is 9.38 Å². The highest BCUT2D eigenvalue weighted by Gasteiger charge is 1.94. The van der Waals surface area contributed by atoms with E-state index in [1.54, 1.807) is 18.3 Å². The molecule has 0 amide bonds. The zero-order valence-electron chi connectivity index (χ0n) is 6.27. The van der Waals surface area contributed by atoms with Crippen LogP contribution in [0.3, 0.4) is 0 Å². The molecule has 0 saturated heterocycles. The number of nitrogens with zero attached hydrogens (tertiary/aromatic N) is 2. The highest BCUT2D eigenvalue weighted by molar-refractivity contribution is 5.50. The van der Waals surface area contributed by atoms with E-state index in [2.05, 4.69) is 4.98 Å². The lowest BCUT2D eigenvalue weighted by atomic mass is 10.4. The molecular weight excluding hydrogens is 154 g/mol. The minimum atomic E-state index is -0.0972. The Morgan fingerprint density at radius 1 is 1.42 bits per heavy atom. The Labute approximate surface area is 68.3 Å². The third-order valence-corrected chi connectivity index (χ3v) is 1.62. The molecule has 0 spiro atoms. The molecule has 0 fully saturated rings. The lowest BCUT2D eigenvalue weighted by Crippen LogP contribution is -2.12. The van der Waals surface area contributed by atoms with Crippen LogP contribution in [0.4, 0.5) is 5.69 Å². The minimum absolute atomic E-state index is 0.0972. The summed E-state index contributed by atoms with van der Waals surface area (Å²) in [6.07, 6.45) is 3.08. The molecule has 0 saturated carbocycles. The molecule has 2 aromatic heterocycles. The van der Waals surface area contributed by atoms with Gasteiger partial charge < -0.3 is 5.73 Å². The largest absolute Gasteiger partial charge is 0.399 e. The summed E-state index contributed by atoms with van der Waals surface area (Å²) in [6.45, 7) is 0. The molecule has 2 aromatic rings. The Bertz CT molecular complexity index is 475.